The number of carbonyl (C=O) groups is 2. The van der Waals surface area contributed by atoms with E-state index in [1.54, 1.807) is 0 Å². The zero-order valence-corrected chi connectivity index (χ0v) is 16.4. The molecule has 0 saturated heterocycles. The average molecular weight is 388 g/mol. The summed E-state index contributed by atoms with van der Waals surface area (Å²) in [6.07, 6.45) is 4.83. The molecule has 1 saturated carbocycles. The van der Waals surface area contributed by atoms with E-state index in [2.05, 4.69) is 22.8 Å². The van der Waals surface area contributed by atoms with Crippen LogP contribution in [0.15, 0.2) is 30.3 Å². The Morgan fingerprint density at radius 2 is 1.89 bits per heavy atom. The summed E-state index contributed by atoms with van der Waals surface area (Å²) in [6, 6.07) is 10.1. The van der Waals surface area contributed by atoms with Gasteiger partial charge in [0.2, 0.25) is 11.8 Å². The molecule has 0 aliphatic heterocycles. The maximum Gasteiger partial charge on any atom is 0.486 e. The second kappa shape index (κ2) is 11.8. The van der Waals surface area contributed by atoms with Crippen molar-refractivity contribution < 1.29 is 19.3 Å². The van der Waals surface area contributed by atoms with Gasteiger partial charge in [0.05, 0.1) is 0 Å². The van der Waals surface area contributed by atoms with Gasteiger partial charge in [-0.05, 0) is 50.6 Å². The normalized spacial score (nSPS) is 16.4. The molecule has 1 radical (unpaired) electrons. The van der Waals surface area contributed by atoms with Crippen molar-refractivity contribution in [3.63, 3.8) is 0 Å². The zero-order valence-electron chi connectivity index (χ0n) is 16.4. The highest BCUT2D eigenvalue weighted by Gasteiger charge is 2.48. The number of nitrogens with two attached hydrogens (primary N) is 1. The van der Waals surface area contributed by atoms with Crippen molar-refractivity contribution in [3.05, 3.63) is 35.9 Å². The molecule has 0 aromatic heterocycles. The molecule has 2 rings (SSSR count). The van der Waals surface area contributed by atoms with Gasteiger partial charge >= 0.3 is 7.69 Å². The van der Waals surface area contributed by atoms with Crippen LogP contribution in [-0.2, 0) is 20.7 Å². The molecule has 5 N–H and O–H groups in total. The van der Waals surface area contributed by atoms with E-state index >= 15 is 0 Å². The van der Waals surface area contributed by atoms with Gasteiger partial charge in [-0.3, -0.25) is 9.59 Å². The Kier molecular flexibility index (Phi) is 9.47. The monoisotopic (exact) mass is 388 g/mol. The molecule has 1 aliphatic rings. The maximum absolute atomic E-state index is 12.9. The van der Waals surface area contributed by atoms with Crippen LogP contribution in [0.1, 0.15) is 50.5 Å². The Labute approximate surface area is 167 Å². The Morgan fingerprint density at radius 1 is 1.18 bits per heavy atom. The van der Waals surface area contributed by atoms with Crippen molar-refractivity contribution in [2.45, 2.75) is 57.6 Å². The van der Waals surface area contributed by atoms with Crippen molar-refractivity contribution in [1.82, 2.24) is 10.6 Å². The Balaban J connectivity index is 1.89. The van der Waals surface area contributed by atoms with Crippen LogP contribution in [0.3, 0.4) is 0 Å². The first-order valence-corrected chi connectivity index (χ1v) is 10.1. The Bertz CT molecular complexity index is 609. The highest BCUT2D eigenvalue weighted by atomic mass is 16.5. The number of carbonyl (C=O) groups excluding carboxylic acids is 2. The zero-order chi connectivity index (χ0) is 20.2. The average Bonchev–Trinajstić information content (AvgIpc) is 3.21. The largest absolute Gasteiger partial charge is 0.486 e. The fourth-order valence-corrected chi connectivity index (χ4v) is 3.68. The summed E-state index contributed by atoms with van der Waals surface area (Å²) < 4.78 is 5.06. The number of amides is 2. The highest BCUT2D eigenvalue weighted by Crippen LogP contribution is 2.38. The van der Waals surface area contributed by atoms with E-state index in [1.807, 2.05) is 18.2 Å². The third-order valence-electron chi connectivity index (χ3n) is 5.28. The lowest BCUT2D eigenvalue weighted by molar-refractivity contribution is -0.145. The minimum atomic E-state index is -1.06. The lowest BCUT2D eigenvalue weighted by Gasteiger charge is -2.29. The molecule has 1 aliphatic carbocycles. The van der Waals surface area contributed by atoms with Gasteiger partial charge in [-0.1, -0.05) is 43.2 Å². The summed E-state index contributed by atoms with van der Waals surface area (Å²) >= 11 is 0. The van der Waals surface area contributed by atoms with Gasteiger partial charge in [-0.15, -0.1) is 0 Å². The molecule has 1 aromatic rings. The summed E-state index contributed by atoms with van der Waals surface area (Å²) in [5, 5.41) is 14.6. The number of aryl methyl sites for hydroxylation is 1. The van der Waals surface area contributed by atoms with Gasteiger partial charge < -0.3 is 26.0 Å². The van der Waals surface area contributed by atoms with Gasteiger partial charge in [0.1, 0.15) is 11.6 Å². The van der Waals surface area contributed by atoms with Crippen LogP contribution in [0.4, 0.5) is 0 Å². The third-order valence-corrected chi connectivity index (χ3v) is 5.28. The molecule has 0 bridgehead atoms. The van der Waals surface area contributed by atoms with Crippen molar-refractivity contribution in [2.24, 2.45) is 11.1 Å². The van der Waals surface area contributed by atoms with Gasteiger partial charge in [0.15, 0.2) is 0 Å². The van der Waals surface area contributed by atoms with E-state index in [9.17, 15) is 9.59 Å². The summed E-state index contributed by atoms with van der Waals surface area (Å²) in [5.74, 6) is -0.560. The van der Waals surface area contributed by atoms with Crippen molar-refractivity contribution in [1.29, 1.82) is 0 Å². The van der Waals surface area contributed by atoms with E-state index in [0.29, 0.717) is 46.5 Å². The minimum absolute atomic E-state index is 0.221. The van der Waals surface area contributed by atoms with Crippen LogP contribution in [-0.4, -0.2) is 43.8 Å². The predicted molar refractivity (Wildman–Crippen MR) is 108 cm³/mol. The molecule has 2 amide bonds. The number of nitrogens with one attached hydrogen (secondary N) is 2. The molecule has 153 valence electrons. The van der Waals surface area contributed by atoms with E-state index in [0.717, 1.165) is 25.7 Å². The highest BCUT2D eigenvalue weighted by molar-refractivity contribution is 6.16. The van der Waals surface area contributed by atoms with Crippen LogP contribution in [0.5, 0.6) is 0 Å². The third kappa shape index (κ3) is 6.33. The molecule has 8 heteroatoms. The molecule has 1 aromatic carbocycles. The number of rotatable bonds is 12. The quantitative estimate of drug-likeness (QED) is 0.185. The molecule has 1 atom stereocenters. The first kappa shape index (κ1) is 22.4. The fourth-order valence-electron chi connectivity index (χ4n) is 3.68. The van der Waals surface area contributed by atoms with E-state index in [1.165, 1.54) is 5.56 Å². The molecule has 0 heterocycles. The van der Waals surface area contributed by atoms with Crippen LogP contribution in [0.2, 0.25) is 0 Å². The van der Waals surface area contributed by atoms with E-state index in [4.69, 9.17) is 15.4 Å². The smallest absolute Gasteiger partial charge is 0.429 e. The number of hydrogen-bond acceptors (Lipinski definition) is 5. The van der Waals surface area contributed by atoms with Crippen LogP contribution >= 0.6 is 0 Å². The summed E-state index contributed by atoms with van der Waals surface area (Å²) in [4.78, 5) is 25.8. The van der Waals surface area contributed by atoms with E-state index in [-0.39, 0.29) is 11.8 Å². The molecule has 28 heavy (non-hydrogen) atoms. The fraction of sp³-hybridized carbons (Fsp3) is 0.600. The summed E-state index contributed by atoms with van der Waals surface area (Å²) in [7, 11) is 0.562. The second-order valence-electron chi connectivity index (χ2n) is 7.27. The maximum atomic E-state index is 12.9. The predicted octanol–water partition coefficient (Wildman–Crippen LogP) is 1.02. The number of benzene rings is 1. The lowest BCUT2D eigenvalue weighted by atomic mass is 9.83. The number of hydrogen-bond donors (Lipinski definition) is 4. The molecule has 1 fully saturated rings. The van der Waals surface area contributed by atoms with Crippen molar-refractivity contribution in [2.75, 3.05) is 13.1 Å². The van der Waals surface area contributed by atoms with Crippen molar-refractivity contribution in [3.8, 4) is 0 Å². The molecule has 7 nitrogen and oxygen atoms in total. The van der Waals surface area contributed by atoms with E-state index < -0.39 is 11.6 Å². The first-order chi connectivity index (χ1) is 13.6. The van der Waals surface area contributed by atoms with Gasteiger partial charge in [0.25, 0.3) is 0 Å². The first-order valence-electron chi connectivity index (χ1n) is 10.1. The van der Waals surface area contributed by atoms with Crippen LogP contribution in [0, 0.1) is 5.41 Å². The standard InChI is InChI=1S/C20H31BN3O4/c22-14-6-11-17(28-21-27)24-19(26)20(12-4-5-13-20)18(25)23-15-7-10-16-8-2-1-3-9-16/h1-3,8-9,17,27H,4-7,10-15,22H2,(H,23,25)(H,24,26)/t17-/m1/s1. The molecular formula is C20H31BN3O4. The minimum Gasteiger partial charge on any atom is -0.429 e. The van der Waals surface area contributed by atoms with Crippen LogP contribution < -0.4 is 16.4 Å². The van der Waals surface area contributed by atoms with Crippen molar-refractivity contribution >= 4 is 19.5 Å². The van der Waals surface area contributed by atoms with Crippen LogP contribution in [0.25, 0.3) is 0 Å². The summed E-state index contributed by atoms with van der Waals surface area (Å²) in [5.41, 5.74) is 5.67. The molecule has 0 spiro atoms. The van der Waals surface area contributed by atoms with Gasteiger partial charge in [0, 0.05) is 6.54 Å². The Hall–Kier alpha value is -1.90. The Morgan fingerprint density at radius 3 is 2.54 bits per heavy atom. The lowest BCUT2D eigenvalue weighted by Crippen LogP contribution is -2.53. The summed E-state index contributed by atoms with van der Waals surface area (Å²) in [6.45, 7) is 0.981. The SMILES string of the molecule is NCCC[C@H](NC(=O)C1(C(=O)NCCCc2ccccc2)CCCC1)O[B]O. The van der Waals surface area contributed by atoms with Gasteiger partial charge in [-0.2, -0.15) is 0 Å². The van der Waals surface area contributed by atoms with Gasteiger partial charge in [-0.25, -0.2) is 0 Å². The molecule has 0 unspecified atom stereocenters. The second-order valence-corrected chi connectivity index (χ2v) is 7.27. The molecular weight excluding hydrogens is 357 g/mol. The topological polar surface area (TPSA) is 114 Å².